The molecule has 6 nitrogen and oxygen atoms in total. The zero-order valence-corrected chi connectivity index (χ0v) is 15.2. The number of carbonyl (C=O) groups is 3. The molecule has 0 spiro atoms. The van der Waals surface area contributed by atoms with Crippen LogP contribution in [-0.4, -0.2) is 22.6 Å². The molecular weight excluding hydrogens is 375 g/mol. The van der Waals surface area contributed by atoms with Crippen molar-refractivity contribution in [2.45, 2.75) is 39.3 Å². The number of aryl methyl sites for hydroxylation is 1. The normalized spacial score (nSPS) is 13.8. The number of hydrogen-bond donors (Lipinski definition) is 3. The third-order valence-corrected chi connectivity index (χ3v) is 4.57. The van der Waals surface area contributed by atoms with E-state index in [1.165, 1.54) is 6.92 Å². The van der Waals surface area contributed by atoms with Crippen LogP contribution in [0.3, 0.4) is 0 Å². The Morgan fingerprint density at radius 3 is 2.43 bits per heavy atom. The summed E-state index contributed by atoms with van der Waals surface area (Å²) in [5, 5.41) is 4.81. The lowest BCUT2D eigenvalue weighted by atomic mass is 9.94. The van der Waals surface area contributed by atoms with Crippen LogP contribution >= 0.6 is 0 Å². The molecule has 3 N–H and O–H groups in total. The Bertz CT molecular complexity index is 977. The van der Waals surface area contributed by atoms with E-state index in [-0.39, 0.29) is 22.9 Å². The highest BCUT2D eigenvalue weighted by atomic mass is 19.4. The molecule has 0 unspecified atom stereocenters. The number of benzene rings is 1. The number of ketones is 1. The van der Waals surface area contributed by atoms with E-state index in [0.29, 0.717) is 36.1 Å². The summed E-state index contributed by atoms with van der Waals surface area (Å²) in [7, 11) is 0. The summed E-state index contributed by atoms with van der Waals surface area (Å²) in [5.41, 5.74) is 0.603. The molecule has 0 saturated carbocycles. The van der Waals surface area contributed by atoms with Gasteiger partial charge in [0.25, 0.3) is 5.91 Å². The minimum absolute atomic E-state index is 0.0406. The second kappa shape index (κ2) is 7.14. The number of nitrogens with one attached hydrogen (secondary N) is 3. The fourth-order valence-corrected chi connectivity index (χ4v) is 3.31. The average Bonchev–Trinajstić information content (AvgIpc) is 2.93. The molecule has 1 aliphatic carbocycles. The van der Waals surface area contributed by atoms with E-state index in [1.54, 1.807) is 6.92 Å². The number of Topliss-reactive ketones (excluding diaryl/α,β-unsaturated/α-hetero) is 1. The van der Waals surface area contributed by atoms with Crippen LogP contribution in [0, 0.1) is 6.92 Å². The van der Waals surface area contributed by atoms with Crippen LogP contribution in [0.2, 0.25) is 0 Å². The number of halogens is 3. The number of aromatic nitrogens is 1. The quantitative estimate of drug-likeness (QED) is 0.734. The van der Waals surface area contributed by atoms with Gasteiger partial charge in [0, 0.05) is 24.6 Å². The summed E-state index contributed by atoms with van der Waals surface area (Å²) in [5.74, 6) is -1.25. The molecule has 28 heavy (non-hydrogen) atoms. The highest BCUT2D eigenvalue weighted by molar-refractivity contribution is 6.10. The van der Waals surface area contributed by atoms with E-state index in [2.05, 4.69) is 15.6 Å². The van der Waals surface area contributed by atoms with Crippen molar-refractivity contribution in [3.63, 3.8) is 0 Å². The molecule has 1 aromatic carbocycles. The first-order valence-electron chi connectivity index (χ1n) is 8.62. The number of hydrogen-bond acceptors (Lipinski definition) is 3. The fourth-order valence-electron chi connectivity index (χ4n) is 3.31. The molecule has 148 valence electrons. The summed E-state index contributed by atoms with van der Waals surface area (Å²) in [4.78, 5) is 39.1. The van der Waals surface area contributed by atoms with Gasteiger partial charge in [-0.2, -0.15) is 13.2 Å². The average molecular weight is 393 g/mol. The van der Waals surface area contributed by atoms with Gasteiger partial charge in [-0.25, -0.2) is 0 Å². The first-order valence-corrected chi connectivity index (χ1v) is 8.62. The third kappa shape index (κ3) is 3.78. The maximum atomic E-state index is 13.0. The zero-order chi connectivity index (χ0) is 20.6. The molecule has 1 aliphatic rings. The third-order valence-electron chi connectivity index (χ3n) is 4.57. The van der Waals surface area contributed by atoms with Crippen molar-refractivity contribution in [1.29, 1.82) is 0 Å². The van der Waals surface area contributed by atoms with Crippen LogP contribution < -0.4 is 10.6 Å². The molecule has 2 aromatic rings. The molecular formula is C19H18F3N3O3. The Morgan fingerprint density at radius 2 is 1.82 bits per heavy atom. The van der Waals surface area contributed by atoms with Crippen molar-refractivity contribution in [3.8, 4) is 0 Å². The Balaban J connectivity index is 1.97. The lowest BCUT2D eigenvalue weighted by molar-refractivity contribution is -0.137. The topological polar surface area (TPSA) is 91.1 Å². The van der Waals surface area contributed by atoms with Crippen molar-refractivity contribution in [3.05, 3.63) is 46.3 Å². The number of alkyl halides is 3. The minimum atomic E-state index is -4.61. The molecule has 0 bridgehead atoms. The van der Waals surface area contributed by atoms with Crippen molar-refractivity contribution in [2.24, 2.45) is 0 Å². The molecule has 3 rings (SSSR count). The van der Waals surface area contributed by atoms with Gasteiger partial charge in [0.2, 0.25) is 5.91 Å². The van der Waals surface area contributed by atoms with Crippen LogP contribution in [0.25, 0.3) is 0 Å². The van der Waals surface area contributed by atoms with Gasteiger partial charge in [0.1, 0.15) is 5.69 Å². The largest absolute Gasteiger partial charge is 0.416 e. The number of amides is 2. The van der Waals surface area contributed by atoms with Crippen molar-refractivity contribution >= 4 is 29.0 Å². The van der Waals surface area contributed by atoms with E-state index in [9.17, 15) is 27.6 Å². The van der Waals surface area contributed by atoms with Crippen LogP contribution in [0.1, 0.15) is 57.4 Å². The lowest BCUT2D eigenvalue weighted by Gasteiger charge is -2.15. The fraction of sp³-hybridized carbons (Fsp3) is 0.316. The Hall–Kier alpha value is -3.10. The number of carbonyl (C=O) groups excluding carboxylic acids is 3. The first kappa shape index (κ1) is 19.7. The predicted octanol–water partition coefficient (Wildman–Crippen LogP) is 4.07. The second-order valence-electron chi connectivity index (χ2n) is 6.65. The monoisotopic (exact) mass is 393 g/mol. The Morgan fingerprint density at radius 1 is 1.11 bits per heavy atom. The summed E-state index contributed by atoms with van der Waals surface area (Å²) >= 11 is 0. The van der Waals surface area contributed by atoms with Gasteiger partial charge in [-0.05, 0) is 43.5 Å². The van der Waals surface area contributed by atoms with Crippen LogP contribution in [-0.2, 0) is 17.4 Å². The Kier molecular flexibility index (Phi) is 5.01. The Labute approximate surface area is 158 Å². The van der Waals surface area contributed by atoms with E-state index >= 15 is 0 Å². The number of aromatic amines is 1. The van der Waals surface area contributed by atoms with E-state index in [4.69, 9.17) is 0 Å². The summed E-state index contributed by atoms with van der Waals surface area (Å²) in [6.07, 6.45) is -2.92. The summed E-state index contributed by atoms with van der Waals surface area (Å²) < 4.78 is 39.1. The van der Waals surface area contributed by atoms with E-state index in [1.807, 2.05) is 0 Å². The standard InChI is InChI=1S/C19H18F3N3O3/c1-9-16-13(4-3-5-15(16)27)24-17(9)18(28)25-14-8-11(19(20,21)22)6-7-12(14)23-10(2)26/h6-8,24H,3-5H2,1-2H3,(H,23,26)(H,25,28). The highest BCUT2D eigenvalue weighted by Crippen LogP contribution is 2.34. The molecule has 0 radical (unpaired) electrons. The van der Waals surface area contributed by atoms with Gasteiger partial charge in [0.05, 0.1) is 16.9 Å². The van der Waals surface area contributed by atoms with Crippen LogP contribution in [0.5, 0.6) is 0 Å². The smallest absolute Gasteiger partial charge is 0.354 e. The molecule has 0 fully saturated rings. The van der Waals surface area contributed by atoms with Crippen molar-refractivity contribution in [1.82, 2.24) is 4.98 Å². The molecule has 1 aromatic heterocycles. The SMILES string of the molecule is CC(=O)Nc1ccc(C(F)(F)F)cc1NC(=O)c1[nH]c2c(c1C)C(=O)CCC2. The number of H-pyrrole nitrogens is 1. The van der Waals surface area contributed by atoms with Gasteiger partial charge >= 0.3 is 6.18 Å². The maximum absolute atomic E-state index is 13.0. The first-order chi connectivity index (χ1) is 13.1. The van der Waals surface area contributed by atoms with E-state index in [0.717, 1.165) is 18.2 Å². The number of anilines is 2. The molecule has 1 heterocycles. The molecule has 0 atom stereocenters. The maximum Gasteiger partial charge on any atom is 0.416 e. The van der Waals surface area contributed by atoms with Gasteiger partial charge in [-0.3, -0.25) is 14.4 Å². The van der Waals surface area contributed by atoms with Gasteiger partial charge in [-0.1, -0.05) is 0 Å². The summed E-state index contributed by atoms with van der Waals surface area (Å²) in [6.45, 7) is 2.83. The number of rotatable bonds is 3. The lowest BCUT2D eigenvalue weighted by Crippen LogP contribution is -2.17. The van der Waals surface area contributed by atoms with Crippen molar-refractivity contribution in [2.75, 3.05) is 10.6 Å². The number of fused-ring (bicyclic) bond motifs is 1. The second-order valence-corrected chi connectivity index (χ2v) is 6.65. The molecule has 0 saturated heterocycles. The zero-order valence-electron chi connectivity index (χ0n) is 15.2. The van der Waals surface area contributed by atoms with Gasteiger partial charge < -0.3 is 15.6 Å². The molecule has 9 heteroatoms. The molecule has 0 aliphatic heterocycles. The van der Waals surface area contributed by atoms with Crippen LogP contribution in [0.15, 0.2) is 18.2 Å². The van der Waals surface area contributed by atoms with Crippen molar-refractivity contribution < 1.29 is 27.6 Å². The van der Waals surface area contributed by atoms with Gasteiger partial charge in [-0.15, -0.1) is 0 Å². The highest BCUT2D eigenvalue weighted by Gasteiger charge is 2.32. The molecule has 2 amide bonds. The summed E-state index contributed by atoms with van der Waals surface area (Å²) in [6, 6.07) is 2.65. The van der Waals surface area contributed by atoms with Crippen LogP contribution in [0.4, 0.5) is 24.5 Å². The minimum Gasteiger partial charge on any atom is -0.354 e. The van der Waals surface area contributed by atoms with Gasteiger partial charge in [0.15, 0.2) is 5.78 Å². The predicted molar refractivity (Wildman–Crippen MR) is 96.5 cm³/mol. The van der Waals surface area contributed by atoms with E-state index < -0.39 is 23.6 Å².